The largest absolute Gasteiger partial charge is 0.487 e. The molecule has 1 fully saturated rings. The van der Waals surface area contributed by atoms with Crippen molar-refractivity contribution in [3.8, 4) is 16.9 Å². The molecule has 2 heterocycles. The van der Waals surface area contributed by atoms with Crippen molar-refractivity contribution < 1.29 is 4.74 Å². The van der Waals surface area contributed by atoms with Crippen LogP contribution in [0.1, 0.15) is 24.8 Å². The van der Waals surface area contributed by atoms with E-state index in [-0.39, 0.29) is 5.60 Å². The second kappa shape index (κ2) is 5.19. The molecule has 0 saturated carbocycles. The minimum atomic E-state index is 0.0898. The zero-order chi connectivity index (χ0) is 14.1. The number of ether oxygens (including phenoxy) is 1. The highest BCUT2D eigenvalue weighted by molar-refractivity contribution is 5.65. The van der Waals surface area contributed by atoms with Gasteiger partial charge < -0.3 is 10.1 Å². The molecule has 0 amide bonds. The predicted molar refractivity (Wildman–Crippen MR) is 85.7 cm³/mol. The van der Waals surface area contributed by atoms with Crippen molar-refractivity contribution in [3.63, 3.8) is 0 Å². The molecule has 2 nitrogen and oxygen atoms in total. The highest BCUT2D eigenvalue weighted by Crippen LogP contribution is 2.39. The van der Waals surface area contributed by atoms with E-state index in [0.29, 0.717) is 0 Å². The number of nitrogens with one attached hydrogen (secondary N) is 1. The van der Waals surface area contributed by atoms with Crippen LogP contribution in [0.25, 0.3) is 11.1 Å². The molecule has 2 aromatic carbocycles. The molecule has 0 atom stereocenters. The summed E-state index contributed by atoms with van der Waals surface area (Å²) < 4.78 is 6.41. The lowest BCUT2D eigenvalue weighted by Gasteiger charge is -2.41. The van der Waals surface area contributed by atoms with E-state index in [1.807, 2.05) is 0 Å². The minimum absolute atomic E-state index is 0.0898. The molecule has 2 heteroatoms. The number of hydrogen-bond acceptors (Lipinski definition) is 2. The Balaban J connectivity index is 1.63. The zero-order valence-electron chi connectivity index (χ0n) is 12.3. The van der Waals surface area contributed by atoms with Gasteiger partial charge in [0.15, 0.2) is 0 Å². The summed E-state index contributed by atoms with van der Waals surface area (Å²) in [6.45, 7) is 2.16. The standard InChI is InChI=1S/C19H21NO/c1-2-4-15(5-3-1)16-6-7-18-17(14-16)8-9-19(21-18)10-12-20-13-11-19/h1-7,14,20H,8-13H2. The molecule has 0 bridgehead atoms. The summed E-state index contributed by atoms with van der Waals surface area (Å²) in [7, 11) is 0. The van der Waals surface area contributed by atoms with Crippen molar-refractivity contribution in [2.45, 2.75) is 31.3 Å². The van der Waals surface area contributed by atoms with Crippen LogP contribution in [-0.2, 0) is 6.42 Å². The molecule has 1 N–H and O–H groups in total. The summed E-state index contributed by atoms with van der Waals surface area (Å²) in [4.78, 5) is 0. The average molecular weight is 279 g/mol. The molecule has 108 valence electrons. The summed E-state index contributed by atoms with van der Waals surface area (Å²) >= 11 is 0. The maximum absolute atomic E-state index is 6.41. The van der Waals surface area contributed by atoms with E-state index in [4.69, 9.17) is 4.74 Å². The zero-order valence-corrected chi connectivity index (χ0v) is 12.3. The second-order valence-corrected chi connectivity index (χ2v) is 6.22. The second-order valence-electron chi connectivity index (χ2n) is 6.22. The smallest absolute Gasteiger partial charge is 0.123 e. The summed E-state index contributed by atoms with van der Waals surface area (Å²) in [5.74, 6) is 1.10. The van der Waals surface area contributed by atoms with Crippen LogP contribution in [0, 0.1) is 0 Å². The Morgan fingerprint density at radius 3 is 2.48 bits per heavy atom. The molecule has 1 spiro atoms. The number of rotatable bonds is 1. The SMILES string of the molecule is c1ccc(-c2ccc3c(c2)CCC2(CCNCC2)O3)cc1. The first kappa shape index (κ1) is 12.9. The van der Waals surface area contributed by atoms with Crippen molar-refractivity contribution in [2.75, 3.05) is 13.1 Å². The molecular weight excluding hydrogens is 258 g/mol. The number of benzene rings is 2. The fourth-order valence-electron chi connectivity index (χ4n) is 3.57. The van der Waals surface area contributed by atoms with Gasteiger partial charge in [-0.25, -0.2) is 0 Å². The Morgan fingerprint density at radius 2 is 1.67 bits per heavy atom. The van der Waals surface area contributed by atoms with Gasteiger partial charge in [0.1, 0.15) is 11.4 Å². The number of aryl methyl sites for hydroxylation is 1. The normalized spacial score (nSPS) is 19.8. The van der Waals surface area contributed by atoms with E-state index >= 15 is 0 Å². The molecule has 2 aliphatic rings. The fourth-order valence-corrected chi connectivity index (χ4v) is 3.57. The lowest BCUT2D eigenvalue weighted by Crippen LogP contribution is -2.48. The molecule has 0 aliphatic carbocycles. The van der Waals surface area contributed by atoms with Crippen LogP contribution in [0.2, 0.25) is 0 Å². The van der Waals surface area contributed by atoms with E-state index in [1.54, 1.807) is 0 Å². The van der Waals surface area contributed by atoms with E-state index in [0.717, 1.165) is 44.5 Å². The number of piperidine rings is 1. The van der Waals surface area contributed by atoms with E-state index in [1.165, 1.54) is 16.7 Å². The fraction of sp³-hybridized carbons (Fsp3) is 0.368. The molecular formula is C19H21NO. The molecule has 2 aromatic rings. The maximum Gasteiger partial charge on any atom is 0.123 e. The van der Waals surface area contributed by atoms with E-state index in [2.05, 4.69) is 53.8 Å². The maximum atomic E-state index is 6.41. The summed E-state index contributed by atoms with van der Waals surface area (Å²) in [6.07, 6.45) is 4.55. The van der Waals surface area contributed by atoms with Crippen LogP contribution in [0.4, 0.5) is 0 Å². The van der Waals surface area contributed by atoms with Gasteiger partial charge in [-0.05, 0) is 67.6 Å². The van der Waals surface area contributed by atoms with Crippen molar-refractivity contribution >= 4 is 0 Å². The average Bonchev–Trinajstić information content (AvgIpc) is 2.56. The van der Waals surface area contributed by atoms with Gasteiger partial charge in [0.25, 0.3) is 0 Å². The Kier molecular flexibility index (Phi) is 3.19. The Morgan fingerprint density at radius 1 is 0.857 bits per heavy atom. The number of fused-ring (bicyclic) bond motifs is 1. The topological polar surface area (TPSA) is 21.3 Å². The van der Waals surface area contributed by atoms with Crippen molar-refractivity contribution in [1.29, 1.82) is 0 Å². The first-order chi connectivity index (χ1) is 10.3. The Hall–Kier alpha value is -1.80. The third-order valence-corrected chi connectivity index (χ3v) is 4.86. The van der Waals surface area contributed by atoms with Gasteiger partial charge in [-0.15, -0.1) is 0 Å². The third-order valence-electron chi connectivity index (χ3n) is 4.86. The first-order valence-electron chi connectivity index (χ1n) is 7.93. The van der Waals surface area contributed by atoms with Crippen LogP contribution in [0.5, 0.6) is 5.75 Å². The molecule has 1 saturated heterocycles. The first-order valence-corrected chi connectivity index (χ1v) is 7.93. The summed E-state index contributed by atoms with van der Waals surface area (Å²) in [5.41, 5.74) is 4.02. The van der Waals surface area contributed by atoms with Crippen molar-refractivity contribution in [3.05, 3.63) is 54.1 Å². The molecule has 0 radical (unpaired) electrons. The minimum Gasteiger partial charge on any atom is -0.487 e. The van der Waals surface area contributed by atoms with Gasteiger partial charge in [0.05, 0.1) is 0 Å². The van der Waals surface area contributed by atoms with Gasteiger partial charge >= 0.3 is 0 Å². The molecule has 0 unspecified atom stereocenters. The van der Waals surface area contributed by atoms with Crippen molar-refractivity contribution in [2.24, 2.45) is 0 Å². The van der Waals surface area contributed by atoms with Gasteiger partial charge in [-0.3, -0.25) is 0 Å². The van der Waals surface area contributed by atoms with Crippen molar-refractivity contribution in [1.82, 2.24) is 5.32 Å². The lowest BCUT2D eigenvalue weighted by molar-refractivity contribution is 0.0170. The van der Waals surface area contributed by atoms with Gasteiger partial charge in [0.2, 0.25) is 0 Å². The van der Waals surface area contributed by atoms with E-state index < -0.39 is 0 Å². The molecule has 21 heavy (non-hydrogen) atoms. The quantitative estimate of drug-likeness (QED) is 0.857. The van der Waals surface area contributed by atoms with Crippen LogP contribution in [0.3, 0.4) is 0 Å². The Labute approximate surface area is 126 Å². The molecule has 2 aliphatic heterocycles. The highest BCUT2D eigenvalue weighted by atomic mass is 16.5. The van der Waals surface area contributed by atoms with E-state index in [9.17, 15) is 0 Å². The van der Waals surface area contributed by atoms with Crippen LogP contribution in [-0.4, -0.2) is 18.7 Å². The van der Waals surface area contributed by atoms with Crippen LogP contribution >= 0.6 is 0 Å². The highest BCUT2D eigenvalue weighted by Gasteiger charge is 2.37. The molecule has 4 rings (SSSR count). The van der Waals surface area contributed by atoms with Crippen LogP contribution in [0.15, 0.2) is 48.5 Å². The number of hydrogen-bond donors (Lipinski definition) is 1. The summed E-state index contributed by atoms with van der Waals surface area (Å²) in [6, 6.07) is 17.2. The third kappa shape index (κ3) is 2.44. The van der Waals surface area contributed by atoms with Gasteiger partial charge in [-0.2, -0.15) is 0 Å². The molecule has 0 aromatic heterocycles. The summed E-state index contributed by atoms with van der Waals surface area (Å²) in [5, 5.41) is 3.43. The monoisotopic (exact) mass is 279 g/mol. The van der Waals surface area contributed by atoms with Gasteiger partial charge in [0, 0.05) is 0 Å². The Bertz CT molecular complexity index is 629. The lowest BCUT2D eigenvalue weighted by atomic mass is 9.83. The van der Waals surface area contributed by atoms with Gasteiger partial charge in [-0.1, -0.05) is 36.4 Å². The predicted octanol–water partition coefficient (Wildman–Crippen LogP) is 3.80. The van der Waals surface area contributed by atoms with Crippen LogP contribution < -0.4 is 10.1 Å².